The van der Waals surface area contributed by atoms with Crippen LogP contribution in [0.15, 0.2) is 60.7 Å². The Labute approximate surface area is 94.3 Å². The maximum absolute atomic E-state index is 9.79. The Bertz CT molecular complexity index is 412. The fourth-order valence-corrected chi connectivity index (χ4v) is 1.05. The molecule has 3 heteroatoms. The highest BCUT2D eigenvalue weighted by Crippen LogP contribution is 2.02. The van der Waals surface area contributed by atoms with E-state index in [1.165, 1.54) is 6.21 Å². The zero-order valence-electron chi connectivity index (χ0n) is 8.71. The maximum atomic E-state index is 9.79. The molecule has 0 aliphatic rings. The number of hydrogen-bond acceptors (Lipinski definition) is 2. The first kappa shape index (κ1) is 11.8. The lowest BCUT2D eigenvalue weighted by molar-refractivity contribution is -0.366. The Morgan fingerprint density at radius 3 is 1.75 bits per heavy atom. The van der Waals surface area contributed by atoms with Crippen LogP contribution in [0.1, 0.15) is 5.56 Å². The van der Waals surface area contributed by atoms with Crippen LogP contribution in [0.4, 0.5) is 0 Å². The highest BCUT2D eigenvalue weighted by molar-refractivity contribution is 5.74. The first-order chi connectivity index (χ1) is 7.83. The second kappa shape index (κ2) is 7.06. The van der Waals surface area contributed by atoms with Crippen molar-refractivity contribution in [3.05, 3.63) is 71.4 Å². The molecule has 2 rings (SSSR count). The van der Waals surface area contributed by atoms with E-state index < -0.39 is 0 Å². The van der Waals surface area contributed by atoms with E-state index >= 15 is 0 Å². The van der Waals surface area contributed by atoms with Gasteiger partial charge in [0, 0.05) is 5.56 Å². The predicted octanol–water partition coefficient (Wildman–Crippen LogP) is 1.08. The van der Waals surface area contributed by atoms with Crippen molar-refractivity contribution >= 4 is 6.21 Å². The summed E-state index contributed by atoms with van der Waals surface area (Å²) in [6.07, 6.45) is 1.40. The molecule has 16 heavy (non-hydrogen) atoms. The third-order valence-corrected chi connectivity index (χ3v) is 1.78. The van der Waals surface area contributed by atoms with E-state index in [1.807, 2.05) is 36.4 Å². The average Bonchev–Trinajstić information content (AvgIpc) is 2.33. The SMILES string of the molecule is Oc1ccccc1.[O-][NH+]=Cc1ccccc1. The van der Waals surface area contributed by atoms with E-state index in [2.05, 4.69) is 0 Å². The van der Waals surface area contributed by atoms with E-state index in [1.54, 1.807) is 29.4 Å². The molecule has 3 nitrogen and oxygen atoms in total. The van der Waals surface area contributed by atoms with Gasteiger partial charge in [0.05, 0.1) is 0 Å². The number of para-hydroxylation sites is 1. The van der Waals surface area contributed by atoms with Crippen LogP contribution >= 0.6 is 0 Å². The molecule has 0 bridgehead atoms. The molecule has 0 aliphatic carbocycles. The van der Waals surface area contributed by atoms with Crippen molar-refractivity contribution in [2.75, 3.05) is 0 Å². The number of phenolic OH excluding ortho intramolecular Hbond substituents is 1. The van der Waals surface area contributed by atoms with Crippen molar-refractivity contribution in [2.24, 2.45) is 0 Å². The molecule has 2 aromatic carbocycles. The van der Waals surface area contributed by atoms with Crippen LogP contribution in [-0.4, -0.2) is 11.3 Å². The number of hydrogen-bond donors (Lipinski definition) is 2. The molecule has 82 valence electrons. The second-order valence-electron chi connectivity index (χ2n) is 3.01. The van der Waals surface area contributed by atoms with E-state index in [0.29, 0.717) is 5.75 Å². The fourth-order valence-electron chi connectivity index (χ4n) is 1.05. The van der Waals surface area contributed by atoms with Crippen molar-refractivity contribution in [1.29, 1.82) is 0 Å². The normalized spacial score (nSPS) is 9.50. The minimum absolute atomic E-state index is 0.322. The first-order valence-corrected chi connectivity index (χ1v) is 4.83. The van der Waals surface area contributed by atoms with Crippen molar-refractivity contribution < 1.29 is 10.3 Å². The highest BCUT2D eigenvalue weighted by Gasteiger charge is 1.82. The van der Waals surface area contributed by atoms with Crippen LogP contribution < -0.4 is 5.16 Å². The summed E-state index contributed by atoms with van der Waals surface area (Å²) in [5.74, 6) is 0.322. The molecule has 2 N–H and O–H groups in total. The van der Waals surface area contributed by atoms with Crippen LogP contribution in [0.25, 0.3) is 0 Å². The van der Waals surface area contributed by atoms with Gasteiger partial charge in [-0.05, 0) is 24.3 Å². The van der Waals surface area contributed by atoms with Gasteiger partial charge in [-0.25, -0.2) is 5.16 Å². The molecule has 0 aliphatic heterocycles. The summed E-state index contributed by atoms with van der Waals surface area (Å²) >= 11 is 0. The molecule has 0 radical (unpaired) electrons. The lowest BCUT2D eigenvalue weighted by Crippen LogP contribution is -2.60. The van der Waals surface area contributed by atoms with Gasteiger partial charge in [-0.1, -0.05) is 36.4 Å². The number of nitrogens with one attached hydrogen (secondary N) is 1. The molecule has 0 fully saturated rings. The first-order valence-electron chi connectivity index (χ1n) is 4.83. The molecule has 0 heterocycles. The van der Waals surface area contributed by atoms with Gasteiger partial charge in [-0.2, -0.15) is 0 Å². The Morgan fingerprint density at radius 1 is 0.875 bits per heavy atom. The summed E-state index contributed by atoms with van der Waals surface area (Å²) in [4.78, 5) is 0. The van der Waals surface area contributed by atoms with Crippen LogP contribution in [0.5, 0.6) is 5.75 Å². The molecule has 0 amide bonds. The van der Waals surface area contributed by atoms with Crippen LogP contribution in [-0.2, 0) is 0 Å². The average molecular weight is 215 g/mol. The maximum Gasteiger partial charge on any atom is 0.179 e. The Kier molecular flexibility index (Phi) is 5.20. The van der Waals surface area contributed by atoms with E-state index in [4.69, 9.17) is 5.11 Å². The zero-order valence-corrected chi connectivity index (χ0v) is 8.71. The fraction of sp³-hybridized carbons (Fsp3) is 0. The molecule has 0 spiro atoms. The Morgan fingerprint density at radius 2 is 1.38 bits per heavy atom. The molecular weight excluding hydrogens is 202 g/mol. The van der Waals surface area contributed by atoms with Gasteiger partial charge in [-0.15, -0.1) is 0 Å². The quantitative estimate of drug-likeness (QED) is 0.425. The molecule has 0 unspecified atom stereocenters. The number of benzene rings is 2. The molecule has 0 atom stereocenters. The molecule has 2 aromatic rings. The van der Waals surface area contributed by atoms with Gasteiger partial charge in [0.15, 0.2) is 6.21 Å². The lowest BCUT2D eigenvalue weighted by atomic mass is 10.2. The molecule has 0 saturated carbocycles. The van der Waals surface area contributed by atoms with E-state index in [9.17, 15) is 5.21 Å². The van der Waals surface area contributed by atoms with E-state index in [0.717, 1.165) is 5.56 Å². The topological polar surface area (TPSA) is 57.3 Å². The highest BCUT2D eigenvalue weighted by atomic mass is 16.4. The van der Waals surface area contributed by atoms with Crippen LogP contribution in [0.2, 0.25) is 0 Å². The van der Waals surface area contributed by atoms with Gasteiger partial charge < -0.3 is 10.3 Å². The minimum atomic E-state index is 0.322. The summed E-state index contributed by atoms with van der Waals surface area (Å²) in [7, 11) is 0. The van der Waals surface area contributed by atoms with Gasteiger partial charge in [0.2, 0.25) is 0 Å². The second-order valence-corrected chi connectivity index (χ2v) is 3.01. The zero-order chi connectivity index (χ0) is 11.6. The summed E-state index contributed by atoms with van der Waals surface area (Å²) in [5.41, 5.74) is 0.896. The summed E-state index contributed by atoms with van der Waals surface area (Å²) < 4.78 is 0. The van der Waals surface area contributed by atoms with Crippen LogP contribution in [0.3, 0.4) is 0 Å². The Balaban J connectivity index is 0.000000165. The molecule has 0 saturated heterocycles. The summed E-state index contributed by atoms with van der Waals surface area (Å²) in [6, 6.07) is 18.1. The van der Waals surface area contributed by atoms with Gasteiger partial charge in [0.1, 0.15) is 5.75 Å². The standard InChI is InChI=1S/C7H7NO.C6H6O/c9-8-6-7-4-2-1-3-5-7;7-6-4-2-1-3-5-6/h1-6,8H;1-5,7H. The number of phenols is 1. The van der Waals surface area contributed by atoms with Crippen molar-refractivity contribution in [3.63, 3.8) is 0 Å². The third kappa shape index (κ3) is 4.81. The third-order valence-electron chi connectivity index (χ3n) is 1.78. The van der Waals surface area contributed by atoms with Gasteiger partial charge in [0.25, 0.3) is 0 Å². The van der Waals surface area contributed by atoms with Crippen LogP contribution in [0, 0.1) is 5.21 Å². The largest absolute Gasteiger partial charge is 0.625 e. The van der Waals surface area contributed by atoms with Crippen molar-refractivity contribution in [1.82, 2.24) is 0 Å². The Hall–Kier alpha value is -2.29. The monoisotopic (exact) mass is 215 g/mol. The summed E-state index contributed by atoms with van der Waals surface area (Å²) in [6.45, 7) is 0. The van der Waals surface area contributed by atoms with E-state index in [-0.39, 0.29) is 0 Å². The molecular formula is C13H13NO2. The summed E-state index contributed by atoms with van der Waals surface area (Å²) in [5, 5.41) is 20.1. The van der Waals surface area contributed by atoms with Crippen molar-refractivity contribution in [2.45, 2.75) is 0 Å². The van der Waals surface area contributed by atoms with Crippen molar-refractivity contribution in [3.8, 4) is 5.75 Å². The number of rotatable bonds is 1. The number of aromatic hydroxyl groups is 1. The molecule has 0 aromatic heterocycles. The predicted molar refractivity (Wildman–Crippen MR) is 64.0 cm³/mol. The van der Waals surface area contributed by atoms with Gasteiger partial charge in [-0.3, -0.25) is 0 Å². The van der Waals surface area contributed by atoms with Gasteiger partial charge >= 0.3 is 0 Å². The lowest BCUT2D eigenvalue weighted by Gasteiger charge is -1.84. The minimum Gasteiger partial charge on any atom is -0.625 e. The smallest absolute Gasteiger partial charge is 0.179 e.